The Labute approximate surface area is 266 Å². The maximum atomic E-state index is 14.9. The number of anilines is 2. The molecule has 5 aromatic carbocycles. The minimum absolute atomic E-state index is 0.112. The van der Waals surface area contributed by atoms with Crippen LogP contribution in [0.3, 0.4) is 0 Å². The van der Waals surface area contributed by atoms with Crippen LogP contribution >= 0.6 is 0 Å². The van der Waals surface area contributed by atoms with E-state index in [4.69, 9.17) is 9.47 Å². The van der Waals surface area contributed by atoms with Crippen molar-refractivity contribution >= 4 is 34.6 Å². The number of nitro groups is 2. The van der Waals surface area contributed by atoms with Crippen molar-refractivity contribution < 1.29 is 46.5 Å². The maximum absolute atomic E-state index is 14.9. The van der Waals surface area contributed by atoms with Gasteiger partial charge in [-0.2, -0.15) is 17.6 Å². The summed E-state index contributed by atoms with van der Waals surface area (Å²) in [4.78, 5) is 45.1. The van der Waals surface area contributed by atoms with Gasteiger partial charge in [-0.05, 0) is 72.8 Å². The Morgan fingerprint density at radius 2 is 0.792 bits per heavy atom. The molecular weight excluding hydrogens is 644 g/mol. The third-order valence-electron chi connectivity index (χ3n) is 6.53. The molecule has 5 aromatic rings. The van der Waals surface area contributed by atoms with Crippen molar-refractivity contribution in [3.8, 4) is 23.0 Å². The molecule has 0 aromatic heterocycles. The van der Waals surface area contributed by atoms with Gasteiger partial charge in [0.25, 0.3) is 23.2 Å². The number of nitrogens with zero attached hydrogens (tertiary/aromatic N) is 2. The Balaban J connectivity index is 1.24. The number of ether oxygens (including phenoxy) is 2. The summed E-state index contributed by atoms with van der Waals surface area (Å²) in [6.45, 7) is 0. The number of amides is 2. The van der Waals surface area contributed by atoms with Crippen LogP contribution in [0.2, 0.25) is 0 Å². The normalized spacial score (nSPS) is 10.6. The van der Waals surface area contributed by atoms with E-state index in [2.05, 4.69) is 10.6 Å². The minimum atomic E-state index is -1.90. The molecule has 12 nitrogen and oxygen atoms in total. The molecular formula is C32H18F4N4O8. The van der Waals surface area contributed by atoms with Crippen LogP contribution in [0.1, 0.15) is 20.7 Å². The van der Waals surface area contributed by atoms with Crippen LogP contribution in [0.4, 0.5) is 40.3 Å². The molecule has 0 bridgehead atoms. The van der Waals surface area contributed by atoms with Crippen LogP contribution in [0.15, 0.2) is 97.1 Å². The molecule has 0 saturated heterocycles. The van der Waals surface area contributed by atoms with E-state index in [1.54, 1.807) is 0 Å². The third-order valence-corrected chi connectivity index (χ3v) is 6.53. The molecule has 2 amide bonds. The summed E-state index contributed by atoms with van der Waals surface area (Å²) in [5.41, 5.74) is 0.205. The number of benzene rings is 5. The van der Waals surface area contributed by atoms with Gasteiger partial charge in [0, 0.05) is 46.8 Å². The molecule has 0 aliphatic carbocycles. The number of halogens is 4. The number of nitro benzene ring substituents is 2. The molecule has 2 N–H and O–H groups in total. The molecule has 16 heteroatoms. The number of carbonyl (C=O) groups excluding carboxylic acids is 2. The quantitative estimate of drug-likeness (QED) is 0.0655. The highest BCUT2D eigenvalue weighted by Gasteiger charge is 2.29. The second kappa shape index (κ2) is 13.7. The van der Waals surface area contributed by atoms with Crippen molar-refractivity contribution in [3.05, 3.63) is 152 Å². The smallest absolute Gasteiger partial charge is 0.269 e. The summed E-state index contributed by atoms with van der Waals surface area (Å²) in [6.07, 6.45) is 0. The average molecular weight is 663 g/mol. The lowest BCUT2D eigenvalue weighted by atomic mass is 10.2. The van der Waals surface area contributed by atoms with Crippen molar-refractivity contribution in [1.82, 2.24) is 0 Å². The molecule has 0 aliphatic rings. The predicted octanol–water partition coefficient (Wildman–Crippen LogP) is 8.15. The first kappa shape index (κ1) is 32.6. The van der Waals surface area contributed by atoms with Crippen molar-refractivity contribution in [2.24, 2.45) is 0 Å². The molecule has 0 radical (unpaired) electrons. The van der Waals surface area contributed by atoms with Crippen molar-refractivity contribution in [1.29, 1.82) is 0 Å². The lowest BCUT2D eigenvalue weighted by molar-refractivity contribution is -0.385. The largest absolute Gasteiger partial charge is 0.451 e. The topological polar surface area (TPSA) is 163 Å². The van der Waals surface area contributed by atoms with Crippen molar-refractivity contribution in [2.45, 2.75) is 0 Å². The second-order valence-electron chi connectivity index (χ2n) is 9.68. The molecule has 5 rings (SSSR count). The van der Waals surface area contributed by atoms with E-state index in [-0.39, 0.29) is 45.4 Å². The van der Waals surface area contributed by atoms with E-state index in [1.807, 2.05) is 0 Å². The van der Waals surface area contributed by atoms with Gasteiger partial charge in [-0.1, -0.05) is 0 Å². The fourth-order valence-corrected chi connectivity index (χ4v) is 4.09. The summed E-state index contributed by atoms with van der Waals surface area (Å²) in [7, 11) is 0. The van der Waals surface area contributed by atoms with Crippen LogP contribution in [-0.2, 0) is 0 Å². The van der Waals surface area contributed by atoms with E-state index < -0.39 is 56.4 Å². The lowest BCUT2D eigenvalue weighted by Gasteiger charge is -2.14. The summed E-state index contributed by atoms with van der Waals surface area (Å²) in [6, 6.07) is 19.3. The Hall–Kier alpha value is -6.84. The van der Waals surface area contributed by atoms with Crippen LogP contribution in [0.25, 0.3) is 0 Å². The highest BCUT2D eigenvalue weighted by molar-refractivity contribution is 6.05. The van der Waals surface area contributed by atoms with Crippen molar-refractivity contribution in [3.63, 3.8) is 0 Å². The molecule has 0 fully saturated rings. The van der Waals surface area contributed by atoms with Gasteiger partial charge in [-0.15, -0.1) is 0 Å². The minimum Gasteiger partial charge on any atom is -0.451 e. The molecule has 0 atom stereocenters. The first-order valence-electron chi connectivity index (χ1n) is 13.4. The second-order valence-corrected chi connectivity index (χ2v) is 9.68. The van der Waals surface area contributed by atoms with E-state index in [9.17, 15) is 47.4 Å². The van der Waals surface area contributed by atoms with Gasteiger partial charge >= 0.3 is 0 Å². The molecule has 0 spiro atoms. The predicted molar refractivity (Wildman–Crippen MR) is 161 cm³/mol. The molecule has 48 heavy (non-hydrogen) atoms. The van der Waals surface area contributed by atoms with E-state index in [1.165, 1.54) is 48.5 Å². The van der Waals surface area contributed by atoms with E-state index in [0.29, 0.717) is 0 Å². The third kappa shape index (κ3) is 7.17. The summed E-state index contributed by atoms with van der Waals surface area (Å²) < 4.78 is 69.6. The Bertz CT molecular complexity index is 1870. The first-order chi connectivity index (χ1) is 22.9. The number of non-ortho nitro benzene ring substituents is 2. The van der Waals surface area contributed by atoms with E-state index in [0.717, 1.165) is 48.5 Å². The zero-order valence-corrected chi connectivity index (χ0v) is 23.9. The van der Waals surface area contributed by atoms with Crippen LogP contribution in [0.5, 0.6) is 23.0 Å². The molecule has 242 valence electrons. The average Bonchev–Trinajstić information content (AvgIpc) is 3.09. The SMILES string of the molecule is O=C(Nc1ccc(Oc2c(F)c(F)c(Oc3ccc(NC(=O)c4ccc([N+](=O)[O-])cc4)cc3)c(F)c2F)cc1)c1ccc([N+](=O)[O-])cc1. The number of hydrogen-bond donors (Lipinski definition) is 2. The van der Waals surface area contributed by atoms with Gasteiger partial charge in [-0.3, -0.25) is 29.8 Å². The van der Waals surface area contributed by atoms with Crippen LogP contribution in [0, 0.1) is 43.5 Å². The highest BCUT2D eigenvalue weighted by atomic mass is 19.2. The standard InChI is InChI=1S/C32H18F4N4O8/c33-25-27(35)30(48-24-15-7-20(8-16-24)38-32(42)18-3-11-22(12-4-18)40(45)46)28(36)26(34)29(25)47-23-13-5-19(6-14-23)37-31(41)17-1-9-21(10-2-17)39(43)44/h1-16H,(H,37,41)(H,38,42). The molecule has 0 saturated carbocycles. The fraction of sp³-hybridized carbons (Fsp3) is 0. The lowest BCUT2D eigenvalue weighted by Crippen LogP contribution is -2.11. The number of rotatable bonds is 10. The van der Waals surface area contributed by atoms with Crippen molar-refractivity contribution in [2.75, 3.05) is 10.6 Å². The summed E-state index contributed by atoms with van der Waals surface area (Å²) in [5.74, 6) is -12.1. The number of nitrogens with one attached hydrogen (secondary N) is 2. The summed E-state index contributed by atoms with van der Waals surface area (Å²) >= 11 is 0. The van der Waals surface area contributed by atoms with Gasteiger partial charge in [0.1, 0.15) is 11.5 Å². The fourth-order valence-electron chi connectivity index (χ4n) is 4.09. The van der Waals surface area contributed by atoms with Gasteiger partial charge in [0.15, 0.2) is 0 Å². The first-order valence-corrected chi connectivity index (χ1v) is 13.4. The van der Waals surface area contributed by atoms with Gasteiger partial charge in [-0.25, -0.2) is 0 Å². The van der Waals surface area contributed by atoms with Crippen LogP contribution < -0.4 is 20.1 Å². The maximum Gasteiger partial charge on any atom is 0.269 e. The van der Waals surface area contributed by atoms with Gasteiger partial charge in [0.2, 0.25) is 34.8 Å². The monoisotopic (exact) mass is 662 g/mol. The van der Waals surface area contributed by atoms with Crippen LogP contribution in [-0.4, -0.2) is 21.7 Å². The molecule has 0 unspecified atom stereocenters. The van der Waals surface area contributed by atoms with Gasteiger partial charge < -0.3 is 20.1 Å². The zero-order valence-electron chi connectivity index (χ0n) is 23.9. The van der Waals surface area contributed by atoms with Gasteiger partial charge in [0.05, 0.1) is 9.85 Å². The molecule has 0 heterocycles. The number of carbonyl (C=O) groups is 2. The Kier molecular flexibility index (Phi) is 9.26. The number of hydrogen-bond acceptors (Lipinski definition) is 8. The molecule has 0 aliphatic heterocycles. The van der Waals surface area contributed by atoms with E-state index >= 15 is 0 Å². The Morgan fingerprint density at radius 3 is 1.06 bits per heavy atom. The Morgan fingerprint density at radius 1 is 0.500 bits per heavy atom. The highest BCUT2D eigenvalue weighted by Crippen LogP contribution is 2.39. The zero-order chi connectivity index (χ0) is 34.5. The summed E-state index contributed by atoms with van der Waals surface area (Å²) in [5, 5.41) is 26.6.